The van der Waals surface area contributed by atoms with E-state index in [0.717, 1.165) is 11.3 Å². The van der Waals surface area contributed by atoms with Crippen molar-refractivity contribution in [2.75, 3.05) is 16.8 Å². The molecule has 5 nitrogen and oxygen atoms in total. The van der Waals surface area contributed by atoms with E-state index in [1.165, 1.54) is 40.9 Å². The van der Waals surface area contributed by atoms with Crippen molar-refractivity contribution in [3.63, 3.8) is 0 Å². The van der Waals surface area contributed by atoms with Crippen LogP contribution in [0.15, 0.2) is 82.2 Å². The third kappa shape index (κ3) is 5.68. The Bertz CT molecular complexity index is 1250. The Labute approximate surface area is 207 Å². The zero-order valence-electron chi connectivity index (χ0n) is 17.0. The Hall–Kier alpha value is -3.01. The van der Waals surface area contributed by atoms with Crippen molar-refractivity contribution in [3.05, 3.63) is 93.6 Å². The number of thiocarbonyl (C=S) groups is 1. The summed E-state index contributed by atoms with van der Waals surface area (Å²) in [6.45, 7) is -0.217. The number of benzene rings is 3. The zero-order valence-corrected chi connectivity index (χ0v) is 20.2. The Morgan fingerprint density at radius 2 is 1.85 bits per heavy atom. The largest absolute Gasteiger partial charge is 0.483 e. The van der Waals surface area contributed by atoms with E-state index in [0.29, 0.717) is 25.1 Å². The van der Waals surface area contributed by atoms with E-state index in [1.807, 2.05) is 30.3 Å². The molecule has 0 spiro atoms. The highest BCUT2D eigenvalue weighted by Crippen LogP contribution is 2.36. The van der Waals surface area contributed by atoms with Gasteiger partial charge in [-0.15, -0.1) is 0 Å². The number of thioether (sulfide) groups is 1. The molecule has 1 aliphatic heterocycles. The van der Waals surface area contributed by atoms with Gasteiger partial charge in [0.25, 0.3) is 11.8 Å². The molecular formula is C24H16BrFN2O3S2. The number of anilines is 2. The number of nitrogens with zero attached hydrogens (tertiary/aromatic N) is 1. The van der Waals surface area contributed by atoms with Crippen molar-refractivity contribution in [3.8, 4) is 5.75 Å². The second-order valence-corrected chi connectivity index (χ2v) is 9.42. The van der Waals surface area contributed by atoms with Gasteiger partial charge >= 0.3 is 0 Å². The number of carbonyl (C=O) groups is 2. The maximum absolute atomic E-state index is 13.0. The molecule has 4 rings (SSSR count). The molecule has 3 aromatic rings. The number of amides is 2. The van der Waals surface area contributed by atoms with Crippen LogP contribution >= 0.6 is 39.9 Å². The molecule has 0 unspecified atom stereocenters. The van der Waals surface area contributed by atoms with Crippen LogP contribution in [-0.2, 0) is 9.59 Å². The zero-order chi connectivity index (χ0) is 23.4. The first-order chi connectivity index (χ1) is 15.9. The van der Waals surface area contributed by atoms with Gasteiger partial charge in [-0.25, -0.2) is 4.39 Å². The lowest BCUT2D eigenvalue weighted by atomic mass is 10.2. The van der Waals surface area contributed by atoms with E-state index in [9.17, 15) is 14.0 Å². The lowest BCUT2D eigenvalue weighted by Crippen LogP contribution is -2.27. The van der Waals surface area contributed by atoms with Crippen molar-refractivity contribution < 1.29 is 18.7 Å². The van der Waals surface area contributed by atoms with Crippen LogP contribution in [0.3, 0.4) is 0 Å². The van der Waals surface area contributed by atoms with E-state index >= 15 is 0 Å². The average Bonchev–Trinajstić information content (AvgIpc) is 3.08. The number of carbonyl (C=O) groups excluding carboxylic acids is 2. The number of hydrogen-bond acceptors (Lipinski definition) is 5. The molecule has 1 heterocycles. The van der Waals surface area contributed by atoms with Gasteiger partial charge in [0, 0.05) is 5.69 Å². The predicted molar refractivity (Wildman–Crippen MR) is 137 cm³/mol. The van der Waals surface area contributed by atoms with Gasteiger partial charge in [0.1, 0.15) is 11.6 Å². The molecule has 0 atom stereocenters. The van der Waals surface area contributed by atoms with Gasteiger partial charge in [-0.05, 0) is 76.1 Å². The van der Waals surface area contributed by atoms with Crippen molar-refractivity contribution in [1.82, 2.24) is 0 Å². The number of para-hydroxylation sites is 1. The highest BCUT2D eigenvalue weighted by molar-refractivity contribution is 9.10. The molecule has 0 aromatic heterocycles. The lowest BCUT2D eigenvalue weighted by Gasteiger charge is -2.13. The minimum absolute atomic E-state index is 0.176. The Morgan fingerprint density at radius 1 is 1.12 bits per heavy atom. The van der Waals surface area contributed by atoms with E-state index < -0.39 is 0 Å². The molecule has 0 radical (unpaired) electrons. The van der Waals surface area contributed by atoms with Crippen LogP contribution in [0.2, 0.25) is 0 Å². The van der Waals surface area contributed by atoms with Gasteiger partial charge < -0.3 is 10.1 Å². The molecule has 0 aliphatic carbocycles. The predicted octanol–water partition coefficient (Wildman–Crippen LogP) is 6.01. The first-order valence-corrected chi connectivity index (χ1v) is 11.7. The summed E-state index contributed by atoms with van der Waals surface area (Å²) >= 11 is 10.1. The fourth-order valence-electron chi connectivity index (χ4n) is 3.02. The molecule has 0 bridgehead atoms. The third-order valence-corrected chi connectivity index (χ3v) is 6.47. The lowest BCUT2D eigenvalue weighted by molar-refractivity contribution is -0.118. The summed E-state index contributed by atoms with van der Waals surface area (Å²) in [6, 6.07) is 20.0. The Balaban J connectivity index is 1.40. The number of hydrogen-bond donors (Lipinski definition) is 1. The number of halogens is 2. The summed E-state index contributed by atoms with van der Waals surface area (Å²) < 4.78 is 19.6. The Kier molecular flexibility index (Phi) is 7.22. The van der Waals surface area contributed by atoms with Crippen LogP contribution in [0.25, 0.3) is 6.08 Å². The van der Waals surface area contributed by atoms with Crippen LogP contribution < -0.4 is 15.0 Å². The molecule has 3 aromatic carbocycles. The van der Waals surface area contributed by atoms with Gasteiger partial charge in [-0.2, -0.15) is 0 Å². The average molecular weight is 543 g/mol. The number of rotatable bonds is 6. The standard InChI is InChI=1S/C24H16BrFN2O3S2/c25-19-12-15(13-21-23(30)28(24(32)33-21)18-4-2-1-3-5-18)6-11-20(19)31-14-22(29)27-17-9-7-16(26)8-10-17/h1-13H,14H2,(H,27,29)/b21-13+. The van der Waals surface area contributed by atoms with E-state index in [1.54, 1.807) is 24.3 Å². The van der Waals surface area contributed by atoms with Crippen LogP contribution in [0.1, 0.15) is 5.56 Å². The Morgan fingerprint density at radius 3 is 2.55 bits per heavy atom. The van der Waals surface area contributed by atoms with Gasteiger partial charge in [0.15, 0.2) is 10.9 Å². The fraction of sp³-hybridized carbons (Fsp3) is 0.0417. The smallest absolute Gasteiger partial charge is 0.270 e. The SMILES string of the molecule is O=C(COc1ccc(/C=C2/SC(=S)N(c3ccccc3)C2=O)cc1Br)Nc1ccc(F)cc1. The first kappa shape index (κ1) is 23.2. The number of ether oxygens (including phenoxy) is 1. The molecule has 1 fully saturated rings. The molecule has 1 aliphatic rings. The number of nitrogens with one attached hydrogen (secondary N) is 1. The van der Waals surface area contributed by atoms with Crippen LogP contribution in [-0.4, -0.2) is 22.7 Å². The van der Waals surface area contributed by atoms with Crippen molar-refractivity contribution in [2.24, 2.45) is 0 Å². The maximum Gasteiger partial charge on any atom is 0.270 e. The minimum Gasteiger partial charge on any atom is -0.483 e. The first-order valence-electron chi connectivity index (χ1n) is 9.71. The summed E-state index contributed by atoms with van der Waals surface area (Å²) in [4.78, 5) is 27.0. The van der Waals surface area contributed by atoms with Crippen LogP contribution in [0.5, 0.6) is 5.75 Å². The topological polar surface area (TPSA) is 58.6 Å². The molecule has 33 heavy (non-hydrogen) atoms. The van der Waals surface area contributed by atoms with Crippen LogP contribution in [0, 0.1) is 5.82 Å². The molecule has 0 saturated carbocycles. The van der Waals surface area contributed by atoms with Gasteiger partial charge in [0.05, 0.1) is 15.1 Å². The molecular weight excluding hydrogens is 527 g/mol. The normalized spacial score (nSPS) is 14.6. The molecule has 9 heteroatoms. The highest BCUT2D eigenvalue weighted by atomic mass is 79.9. The third-order valence-electron chi connectivity index (χ3n) is 4.55. The fourth-order valence-corrected chi connectivity index (χ4v) is 4.83. The van der Waals surface area contributed by atoms with Crippen LogP contribution in [0.4, 0.5) is 15.8 Å². The maximum atomic E-state index is 13.0. The monoisotopic (exact) mass is 542 g/mol. The summed E-state index contributed by atoms with van der Waals surface area (Å²) in [5.74, 6) is -0.457. The van der Waals surface area contributed by atoms with Gasteiger partial charge in [0.2, 0.25) is 0 Å². The summed E-state index contributed by atoms with van der Waals surface area (Å²) in [5.41, 5.74) is 1.98. The van der Waals surface area contributed by atoms with E-state index in [-0.39, 0.29) is 24.2 Å². The van der Waals surface area contributed by atoms with E-state index in [2.05, 4.69) is 21.2 Å². The van der Waals surface area contributed by atoms with Gasteiger partial charge in [-0.1, -0.05) is 48.2 Å². The summed E-state index contributed by atoms with van der Waals surface area (Å²) in [6.07, 6.45) is 1.76. The molecule has 1 N–H and O–H groups in total. The molecule has 1 saturated heterocycles. The quantitative estimate of drug-likeness (QED) is 0.305. The van der Waals surface area contributed by atoms with Crippen molar-refractivity contribution >= 4 is 73.5 Å². The second kappa shape index (κ2) is 10.3. The van der Waals surface area contributed by atoms with Gasteiger partial charge in [-0.3, -0.25) is 14.5 Å². The van der Waals surface area contributed by atoms with E-state index in [4.69, 9.17) is 17.0 Å². The molecule has 2 amide bonds. The van der Waals surface area contributed by atoms with Crippen molar-refractivity contribution in [1.29, 1.82) is 0 Å². The highest BCUT2D eigenvalue weighted by Gasteiger charge is 2.33. The van der Waals surface area contributed by atoms with Crippen molar-refractivity contribution in [2.45, 2.75) is 0 Å². The minimum atomic E-state index is -0.379. The summed E-state index contributed by atoms with van der Waals surface area (Å²) in [5, 5.41) is 2.63. The molecule has 166 valence electrons. The summed E-state index contributed by atoms with van der Waals surface area (Å²) in [7, 11) is 0. The second-order valence-electron chi connectivity index (χ2n) is 6.89.